The molecule has 2 aliphatic rings. The van der Waals surface area contributed by atoms with Gasteiger partial charge in [-0.3, -0.25) is 14.9 Å². The fourth-order valence-electron chi connectivity index (χ4n) is 3.82. The topological polar surface area (TPSA) is 130 Å². The number of rotatable bonds is 6. The largest absolute Gasteiger partial charge is 0.474 e. The molecule has 2 aromatic heterocycles. The van der Waals surface area contributed by atoms with E-state index < -0.39 is 5.91 Å². The molecule has 0 atom stereocenters. The number of hydrogen-bond acceptors (Lipinski definition) is 10. The van der Waals surface area contributed by atoms with Gasteiger partial charge in [-0.1, -0.05) is 12.1 Å². The Kier molecular flexibility index (Phi) is 6.77. The molecule has 2 fully saturated rings. The number of benzene rings is 1. The highest BCUT2D eigenvalue weighted by Crippen LogP contribution is 2.28. The average Bonchev–Trinajstić information content (AvgIpc) is 3.21. The Hall–Kier alpha value is -4.43. The first-order valence-electron chi connectivity index (χ1n) is 11.2. The molecule has 1 aromatic carbocycles. The van der Waals surface area contributed by atoms with Crippen LogP contribution in [-0.4, -0.2) is 45.3 Å². The van der Waals surface area contributed by atoms with E-state index in [4.69, 9.17) is 14.7 Å². The molecule has 0 unspecified atom stereocenters. The highest BCUT2D eigenvalue weighted by molar-refractivity contribution is 8.18. The van der Waals surface area contributed by atoms with Crippen LogP contribution in [0.4, 0.5) is 10.6 Å². The van der Waals surface area contributed by atoms with Crippen molar-refractivity contribution in [3.8, 4) is 23.6 Å². The molecule has 36 heavy (non-hydrogen) atoms. The lowest BCUT2D eigenvalue weighted by molar-refractivity contribution is -0.115. The number of thioether (sulfide) groups is 1. The lowest BCUT2D eigenvalue weighted by Crippen LogP contribution is -2.38. The zero-order valence-corrected chi connectivity index (χ0v) is 19.8. The van der Waals surface area contributed by atoms with Crippen molar-refractivity contribution in [2.24, 2.45) is 0 Å². The Morgan fingerprint density at radius 3 is 2.64 bits per heavy atom. The third-order valence-corrected chi connectivity index (χ3v) is 6.38. The van der Waals surface area contributed by atoms with Gasteiger partial charge in [0, 0.05) is 32.1 Å². The van der Waals surface area contributed by atoms with E-state index in [-0.39, 0.29) is 11.3 Å². The van der Waals surface area contributed by atoms with Crippen molar-refractivity contribution >= 4 is 34.8 Å². The van der Waals surface area contributed by atoms with Crippen LogP contribution in [0, 0.1) is 11.3 Å². The van der Waals surface area contributed by atoms with Gasteiger partial charge in [0.1, 0.15) is 30.1 Å². The zero-order chi connectivity index (χ0) is 24.9. The van der Waals surface area contributed by atoms with Gasteiger partial charge in [-0.05, 0) is 47.7 Å². The average molecular weight is 501 g/mol. The summed E-state index contributed by atoms with van der Waals surface area (Å²) in [6.45, 7) is 1.56. The summed E-state index contributed by atoms with van der Waals surface area (Å²) >= 11 is 0.862. The van der Waals surface area contributed by atoms with Gasteiger partial charge in [0.2, 0.25) is 11.8 Å². The molecule has 0 bridgehead atoms. The molecule has 1 N–H and O–H groups in total. The van der Waals surface area contributed by atoms with E-state index in [0.717, 1.165) is 43.5 Å². The third kappa shape index (κ3) is 5.61. The van der Waals surface area contributed by atoms with Gasteiger partial charge in [-0.2, -0.15) is 5.26 Å². The first-order chi connectivity index (χ1) is 17.6. The molecule has 5 rings (SSSR count). The van der Waals surface area contributed by atoms with Gasteiger partial charge in [-0.15, -0.1) is 0 Å². The summed E-state index contributed by atoms with van der Waals surface area (Å²) in [5.74, 6) is 1.71. The Morgan fingerprint density at radius 2 is 1.92 bits per heavy atom. The Labute approximate surface area is 211 Å². The summed E-state index contributed by atoms with van der Waals surface area (Å²) in [6, 6.07) is 14.5. The molecule has 11 heteroatoms. The molecule has 0 spiro atoms. The summed E-state index contributed by atoms with van der Waals surface area (Å²) in [4.78, 5) is 38.4. The summed E-state index contributed by atoms with van der Waals surface area (Å²) in [5.41, 5.74) is 1.26. The molecule has 2 aliphatic heterocycles. The normalized spacial score (nSPS) is 17.1. The number of hydrogen-bond donors (Lipinski definition) is 1. The number of carbonyl (C=O) groups is 2. The number of anilines is 1. The van der Waals surface area contributed by atoms with Crippen molar-refractivity contribution in [3.05, 3.63) is 71.0 Å². The van der Waals surface area contributed by atoms with Crippen LogP contribution in [-0.2, 0) is 4.79 Å². The van der Waals surface area contributed by atoms with Gasteiger partial charge >= 0.3 is 0 Å². The maximum Gasteiger partial charge on any atom is 0.290 e. The number of piperidine rings is 1. The maximum absolute atomic E-state index is 11.8. The summed E-state index contributed by atoms with van der Waals surface area (Å²) < 4.78 is 12.0. The number of pyridine rings is 1. The van der Waals surface area contributed by atoms with E-state index in [9.17, 15) is 9.59 Å². The molecule has 10 nitrogen and oxygen atoms in total. The Balaban J connectivity index is 1.19. The number of nitrogens with zero attached hydrogens (tertiary/aromatic N) is 5. The first-order valence-corrected chi connectivity index (χ1v) is 12.0. The molecular formula is C25H20N6O4S. The first kappa shape index (κ1) is 23.3. The fourth-order valence-corrected chi connectivity index (χ4v) is 4.50. The van der Waals surface area contributed by atoms with Gasteiger partial charge in [0.05, 0.1) is 16.5 Å². The van der Waals surface area contributed by atoms with E-state index in [2.05, 4.69) is 31.2 Å². The number of aromatic nitrogens is 3. The lowest BCUT2D eigenvalue weighted by Gasteiger charge is -2.32. The second kappa shape index (κ2) is 10.5. The standard InChI is InChI=1S/C25H20N6O4S/c26-13-17-4-5-21(27-14-17)31-8-6-18(7-9-31)34-22-12-23(29-15-28-22)35-19-3-1-2-16(10-19)11-20-24(32)30-25(33)36-20/h1-5,10-12,14-15,18H,6-9H2,(H,30,32,33)/b20-11-. The van der Waals surface area contributed by atoms with E-state index in [1.54, 1.807) is 42.6 Å². The van der Waals surface area contributed by atoms with Crippen molar-refractivity contribution < 1.29 is 19.1 Å². The number of nitrogens with one attached hydrogen (secondary N) is 1. The quantitative estimate of drug-likeness (QED) is 0.497. The highest BCUT2D eigenvalue weighted by Gasteiger charge is 2.25. The molecule has 180 valence electrons. The van der Waals surface area contributed by atoms with Crippen LogP contribution < -0.4 is 19.7 Å². The van der Waals surface area contributed by atoms with Crippen molar-refractivity contribution in [3.63, 3.8) is 0 Å². The van der Waals surface area contributed by atoms with Gasteiger partial charge in [-0.25, -0.2) is 15.0 Å². The second-order valence-corrected chi connectivity index (χ2v) is 9.06. The summed E-state index contributed by atoms with van der Waals surface area (Å²) in [7, 11) is 0. The predicted octanol–water partition coefficient (Wildman–Crippen LogP) is 3.91. The van der Waals surface area contributed by atoms with Gasteiger partial charge < -0.3 is 14.4 Å². The van der Waals surface area contributed by atoms with Crippen molar-refractivity contribution in [2.75, 3.05) is 18.0 Å². The molecule has 3 aromatic rings. The van der Waals surface area contributed by atoms with E-state index >= 15 is 0 Å². The van der Waals surface area contributed by atoms with Crippen LogP contribution in [0.5, 0.6) is 17.5 Å². The minimum absolute atomic E-state index is 0.00453. The van der Waals surface area contributed by atoms with E-state index in [1.165, 1.54) is 6.33 Å². The summed E-state index contributed by atoms with van der Waals surface area (Å²) in [6.07, 6.45) is 6.19. The monoisotopic (exact) mass is 500 g/mol. The second-order valence-electron chi connectivity index (χ2n) is 8.04. The number of amides is 2. The molecule has 4 heterocycles. The van der Waals surface area contributed by atoms with Crippen LogP contribution in [0.25, 0.3) is 6.08 Å². The molecule has 0 saturated carbocycles. The Bertz CT molecular complexity index is 1360. The molecular weight excluding hydrogens is 480 g/mol. The minimum Gasteiger partial charge on any atom is -0.474 e. The van der Waals surface area contributed by atoms with Crippen molar-refractivity contribution in [2.45, 2.75) is 18.9 Å². The van der Waals surface area contributed by atoms with Gasteiger partial charge in [0.15, 0.2) is 0 Å². The number of imide groups is 1. The smallest absolute Gasteiger partial charge is 0.290 e. The predicted molar refractivity (Wildman–Crippen MR) is 132 cm³/mol. The number of carbonyl (C=O) groups excluding carboxylic acids is 2. The number of ether oxygens (including phenoxy) is 2. The molecule has 2 saturated heterocycles. The zero-order valence-electron chi connectivity index (χ0n) is 19.0. The number of nitriles is 1. The molecule has 2 amide bonds. The van der Waals surface area contributed by atoms with Crippen LogP contribution >= 0.6 is 11.8 Å². The lowest BCUT2D eigenvalue weighted by atomic mass is 10.1. The minimum atomic E-state index is -0.409. The highest BCUT2D eigenvalue weighted by atomic mass is 32.2. The van der Waals surface area contributed by atoms with Crippen molar-refractivity contribution in [1.29, 1.82) is 5.26 Å². The third-order valence-electron chi connectivity index (χ3n) is 5.57. The van der Waals surface area contributed by atoms with Crippen LogP contribution in [0.2, 0.25) is 0 Å². The Morgan fingerprint density at radius 1 is 1.08 bits per heavy atom. The molecule has 0 aliphatic carbocycles. The van der Waals surface area contributed by atoms with Crippen molar-refractivity contribution in [1.82, 2.24) is 20.3 Å². The SMILES string of the molecule is N#Cc1ccc(N2CCC(Oc3cc(Oc4cccc(/C=C5\SC(=O)NC5=O)c4)ncn3)CC2)nc1. The summed E-state index contributed by atoms with van der Waals surface area (Å²) in [5, 5.41) is 10.8. The van der Waals surface area contributed by atoms with E-state index in [0.29, 0.717) is 33.5 Å². The van der Waals surface area contributed by atoms with Gasteiger partial charge in [0.25, 0.3) is 11.1 Å². The van der Waals surface area contributed by atoms with Crippen LogP contribution in [0.3, 0.4) is 0 Å². The van der Waals surface area contributed by atoms with Crippen LogP contribution in [0.1, 0.15) is 24.0 Å². The van der Waals surface area contributed by atoms with E-state index in [1.807, 2.05) is 12.1 Å². The maximum atomic E-state index is 11.8. The fraction of sp³-hybridized carbons (Fsp3) is 0.200. The molecule has 0 radical (unpaired) electrons. The van der Waals surface area contributed by atoms with Crippen LogP contribution in [0.15, 0.2) is 59.9 Å².